The zero-order valence-electron chi connectivity index (χ0n) is 23.2. The first-order chi connectivity index (χ1) is 18.1. The van der Waals surface area contributed by atoms with Crippen molar-refractivity contribution >= 4 is 17.7 Å². The van der Waals surface area contributed by atoms with Crippen molar-refractivity contribution in [2.24, 2.45) is 40.9 Å². The SMILES string of the molecule is C[C@H]([C@H](O)[C@@H]1C[C@@H](C)C(=O)O1)[C@@H]1[C@H]2[C@]1(C)CC[C@@]13O[C@]2(O)C(=O)[C@@H]1CC[C@H]1C(C)(C)O[C@@H]2CC(=O)O[C@@]21[C@H]3O. The lowest BCUT2D eigenvalue weighted by Crippen LogP contribution is -2.63. The van der Waals surface area contributed by atoms with Crippen molar-refractivity contribution in [3.8, 4) is 0 Å². The Balaban J connectivity index is 1.23. The summed E-state index contributed by atoms with van der Waals surface area (Å²) < 4.78 is 24.2. The van der Waals surface area contributed by atoms with Crippen LogP contribution >= 0.6 is 0 Å². The van der Waals surface area contributed by atoms with E-state index in [1.54, 1.807) is 6.92 Å². The third kappa shape index (κ3) is 2.97. The predicted molar refractivity (Wildman–Crippen MR) is 132 cm³/mol. The minimum atomic E-state index is -2.13. The molecule has 0 aromatic heterocycles. The quantitative estimate of drug-likeness (QED) is 0.440. The highest BCUT2D eigenvalue weighted by Gasteiger charge is 2.85. The summed E-state index contributed by atoms with van der Waals surface area (Å²) in [5, 5.41) is 35.5. The molecule has 0 radical (unpaired) electrons. The molecule has 5 aliphatic heterocycles. The second-order valence-corrected chi connectivity index (χ2v) is 14.4. The van der Waals surface area contributed by atoms with E-state index in [9.17, 15) is 29.7 Å². The van der Waals surface area contributed by atoms with E-state index in [2.05, 4.69) is 0 Å². The van der Waals surface area contributed by atoms with Crippen LogP contribution in [0.25, 0.3) is 0 Å². The summed E-state index contributed by atoms with van der Waals surface area (Å²) in [6, 6.07) is 0. The summed E-state index contributed by atoms with van der Waals surface area (Å²) in [5.41, 5.74) is -3.96. The Labute approximate surface area is 227 Å². The highest BCUT2D eigenvalue weighted by atomic mass is 16.7. The monoisotopic (exact) mass is 548 g/mol. The van der Waals surface area contributed by atoms with Crippen LogP contribution in [0.15, 0.2) is 0 Å². The first-order valence-corrected chi connectivity index (χ1v) is 14.6. The summed E-state index contributed by atoms with van der Waals surface area (Å²) >= 11 is 0. The van der Waals surface area contributed by atoms with Crippen LogP contribution < -0.4 is 0 Å². The van der Waals surface area contributed by atoms with Crippen molar-refractivity contribution in [1.29, 1.82) is 0 Å². The van der Waals surface area contributed by atoms with Crippen LogP contribution in [0.5, 0.6) is 0 Å². The van der Waals surface area contributed by atoms with E-state index in [0.717, 1.165) is 0 Å². The van der Waals surface area contributed by atoms with Gasteiger partial charge in [-0.25, -0.2) is 0 Å². The number of carbonyl (C=O) groups is 3. The zero-order valence-corrected chi connectivity index (χ0v) is 23.2. The molecule has 216 valence electrons. The third-order valence-electron chi connectivity index (χ3n) is 12.2. The molecule has 2 aliphatic carbocycles. The third-order valence-corrected chi connectivity index (χ3v) is 12.2. The van der Waals surface area contributed by atoms with Crippen LogP contribution in [-0.2, 0) is 33.3 Å². The van der Waals surface area contributed by atoms with E-state index >= 15 is 0 Å². The molecule has 10 nitrogen and oxygen atoms in total. The Morgan fingerprint density at radius 1 is 1.08 bits per heavy atom. The highest BCUT2D eigenvalue weighted by molar-refractivity contribution is 5.92. The van der Waals surface area contributed by atoms with E-state index in [4.69, 9.17) is 18.9 Å². The average molecular weight is 549 g/mol. The molecule has 0 unspecified atom stereocenters. The lowest BCUT2D eigenvalue weighted by atomic mass is 9.67. The second kappa shape index (κ2) is 7.62. The molecule has 7 fully saturated rings. The molecule has 3 N–H and O–H groups in total. The van der Waals surface area contributed by atoms with Gasteiger partial charge in [0.25, 0.3) is 0 Å². The Hall–Kier alpha value is -1.59. The molecule has 0 amide bonds. The van der Waals surface area contributed by atoms with E-state index in [1.807, 2.05) is 27.7 Å². The minimum absolute atomic E-state index is 0.0259. The first-order valence-electron chi connectivity index (χ1n) is 14.6. The summed E-state index contributed by atoms with van der Waals surface area (Å²) in [6.07, 6.45) is -1.40. The topological polar surface area (TPSA) is 149 Å². The van der Waals surface area contributed by atoms with Gasteiger partial charge in [0.05, 0.1) is 30.0 Å². The van der Waals surface area contributed by atoms with Crippen LogP contribution in [0.4, 0.5) is 0 Å². The highest BCUT2D eigenvalue weighted by Crippen LogP contribution is 2.75. The number of carbonyl (C=O) groups excluding carboxylic acids is 3. The fourth-order valence-electron chi connectivity index (χ4n) is 10.3. The fourth-order valence-corrected chi connectivity index (χ4v) is 10.3. The molecule has 5 heterocycles. The molecule has 2 bridgehead atoms. The maximum atomic E-state index is 14.1. The summed E-state index contributed by atoms with van der Waals surface area (Å²) in [5.74, 6) is -5.88. The number of hydrogen-bond donors (Lipinski definition) is 3. The number of fused-ring (bicyclic) bond motifs is 3. The molecule has 2 spiro atoms. The molecule has 2 saturated carbocycles. The second-order valence-electron chi connectivity index (χ2n) is 14.4. The van der Waals surface area contributed by atoms with Crippen LogP contribution in [-0.4, -0.2) is 80.0 Å². The van der Waals surface area contributed by atoms with Gasteiger partial charge in [0.15, 0.2) is 11.4 Å². The van der Waals surface area contributed by atoms with Crippen LogP contribution in [0, 0.1) is 40.9 Å². The Bertz CT molecular complexity index is 1150. The number of esters is 2. The van der Waals surface area contributed by atoms with E-state index in [0.29, 0.717) is 32.1 Å². The van der Waals surface area contributed by atoms with Gasteiger partial charge in [-0.05, 0) is 63.2 Å². The number of cyclic esters (lactones) is 1. The van der Waals surface area contributed by atoms with Gasteiger partial charge in [-0.2, -0.15) is 0 Å². The number of Topliss-reactive ketones (excluding diaryl/α,β-unsaturated/α-hetero) is 1. The lowest BCUT2D eigenvalue weighted by molar-refractivity contribution is -0.276. The van der Waals surface area contributed by atoms with E-state index < -0.39 is 76.0 Å². The van der Waals surface area contributed by atoms with Gasteiger partial charge in [0.2, 0.25) is 5.79 Å². The van der Waals surface area contributed by atoms with Gasteiger partial charge < -0.3 is 34.3 Å². The number of ketones is 1. The Morgan fingerprint density at radius 2 is 1.79 bits per heavy atom. The number of aliphatic hydroxyl groups excluding tert-OH is 2. The number of aliphatic hydroxyl groups is 3. The molecule has 39 heavy (non-hydrogen) atoms. The minimum Gasteiger partial charge on any atom is -0.459 e. The molecular weight excluding hydrogens is 508 g/mol. The summed E-state index contributed by atoms with van der Waals surface area (Å²) in [6.45, 7) is 9.51. The molecule has 5 saturated heterocycles. The largest absolute Gasteiger partial charge is 0.459 e. The molecule has 10 heteroatoms. The summed E-state index contributed by atoms with van der Waals surface area (Å²) in [4.78, 5) is 38.6. The Kier molecular flexibility index (Phi) is 5.14. The normalized spacial score (nSPS) is 56.4. The van der Waals surface area contributed by atoms with Crippen LogP contribution in [0.2, 0.25) is 0 Å². The molecule has 0 aromatic carbocycles. The fraction of sp³-hybridized carbons (Fsp3) is 0.897. The van der Waals surface area contributed by atoms with Crippen molar-refractivity contribution in [2.75, 3.05) is 0 Å². The molecule has 7 rings (SSSR count). The van der Waals surface area contributed by atoms with E-state index in [1.165, 1.54) is 0 Å². The van der Waals surface area contributed by atoms with Crippen molar-refractivity contribution in [2.45, 2.75) is 120 Å². The molecule has 14 atom stereocenters. The maximum Gasteiger partial charge on any atom is 0.309 e. The standard InChI is InChI=1S/C29H40O10/c1-12-10-15(36-23(12)33)20(31)13(2)19-21-26(19,5)8-9-27-14(22(32)29(21,35)39-27)6-7-16-25(3,4)37-17-11-18(30)38-28(16,17)24(27)34/h12-17,19-21,24,31,34-35H,6-11H2,1-5H3/t12-,13+,14+,15+,16+,17-,19-,20+,21+,24+,26-,27-,28-,29+/m1/s1. The van der Waals surface area contributed by atoms with Crippen LogP contribution in [0.3, 0.4) is 0 Å². The number of ether oxygens (including phenoxy) is 4. The average Bonchev–Trinajstić information content (AvgIpc) is 2.96. The van der Waals surface area contributed by atoms with Gasteiger partial charge in [0.1, 0.15) is 23.9 Å². The zero-order chi connectivity index (χ0) is 28.1. The van der Waals surface area contributed by atoms with Gasteiger partial charge in [-0.1, -0.05) is 20.8 Å². The van der Waals surface area contributed by atoms with E-state index in [-0.39, 0.29) is 36.1 Å². The smallest absolute Gasteiger partial charge is 0.309 e. The van der Waals surface area contributed by atoms with Gasteiger partial charge in [0, 0.05) is 11.8 Å². The summed E-state index contributed by atoms with van der Waals surface area (Å²) in [7, 11) is 0. The lowest BCUT2D eigenvalue weighted by Gasteiger charge is -2.45. The van der Waals surface area contributed by atoms with Crippen LogP contribution in [0.1, 0.15) is 73.1 Å². The molecule has 7 aliphatic rings. The van der Waals surface area contributed by atoms with Crippen molar-refractivity contribution in [3.63, 3.8) is 0 Å². The van der Waals surface area contributed by atoms with Crippen molar-refractivity contribution in [1.82, 2.24) is 0 Å². The maximum absolute atomic E-state index is 14.1. The molecule has 0 aromatic rings. The van der Waals surface area contributed by atoms with Crippen molar-refractivity contribution < 1.29 is 48.7 Å². The number of rotatable bonds is 3. The Morgan fingerprint density at radius 3 is 2.46 bits per heavy atom. The van der Waals surface area contributed by atoms with Gasteiger partial charge in [-0.15, -0.1) is 0 Å². The van der Waals surface area contributed by atoms with Gasteiger partial charge >= 0.3 is 11.9 Å². The van der Waals surface area contributed by atoms with Gasteiger partial charge in [-0.3, -0.25) is 14.4 Å². The first kappa shape index (κ1) is 26.3. The predicted octanol–water partition coefficient (Wildman–Crippen LogP) is 1.26. The number of hydrogen-bond acceptors (Lipinski definition) is 10. The van der Waals surface area contributed by atoms with Crippen molar-refractivity contribution in [3.05, 3.63) is 0 Å². The molecular formula is C29H40O10.